The van der Waals surface area contributed by atoms with E-state index in [1.165, 1.54) is 83.0 Å². The van der Waals surface area contributed by atoms with Crippen LogP contribution in [-0.4, -0.2) is 70.4 Å². The van der Waals surface area contributed by atoms with E-state index < -0.39 is 70.4 Å². The van der Waals surface area contributed by atoms with E-state index in [0.29, 0.717) is 11.8 Å². The van der Waals surface area contributed by atoms with Crippen LogP contribution in [0.2, 0.25) is 0 Å². The van der Waals surface area contributed by atoms with Gasteiger partial charge in [-0.25, -0.2) is 0 Å². The van der Waals surface area contributed by atoms with E-state index in [-0.39, 0.29) is 5.41 Å². The second kappa shape index (κ2) is 35.5. The molecule has 7 aliphatic rings. The molecular formula is C89H110N2O12Si8. The van der Waals surface area contributed by atoms with Crippen molar-refractivity contribution in [3.05, 3.63) is 322 Å². The van der Waals surface area contributed by atoms with Gasteiger partial charge in [0.05, 0.1) is 0 Å². The molecule has 8 aromatic carbocycles. The van der Waals surface area contributed by atoms with E-state index in [1.807, 2.05) is 55.4 Å². The highest BCUT2D eigenvalue weighted by atomic mass is 28.6. The van der Waals surface area contributed by atoms with Gasteiger partial charge in [-0.15, -0.1) is 0 Å². The number of hydrogen-bond acceptors (Lipinski definition) is 14. The largest absolute Gasteiger partial charge is 0.507 e. The second-order valence-electron chi connectivity index (χ2n) is 29.4. The molecule has 14 nitrogen and oxygen atoms in total. The highest BCUT2D eigenvalue weighted by Gasteiger charge is 2.82. The minimum Gasteiger partial charge on any atom is -0.367 e. The Kier molecular flexibility index (Phi) is 26.5. The summed E-state index contributed by atoms with van der Waals surface area (Å²) in [6.45, 7) is 32.8. The monoisotopic (exact) mass is 1620 g/mol. The van der Waals surface area contributed by atoms with Gasteiger partial charge in [0, 0.05) is 39.5 Å². The van der Waals surface area contributed by atoms with Crippen molar-refractivity contribution < 1.29 is 49.4 Å². The third kappa shape index (κ3) is 17.9. The molecule has 15 rings (SSSR count). The zero-order valence-electron chi connectivity index (χ0n) is 67.4. The Balaban J connectivity index is 0.000000162. The molecular weight excluding hydrogens is 1510 g/mol. The molecule has 1 aliphatic carbocycles. The zero-order chi connectivity index (χ0) is 78.7. The van der Waals surface area contributed by atoms with Crippen LogP contribution in [0.4, 0.5) is 34.1 Å². The molecule has 0 unspecified atom stereocenters. The Labute approximate surface area is 669 Å². The summed E-state index contributed by atoms with van der Waals surface area (Å²) >= 11 is 0. The van der Waals surface area contributed by atoms with Gasteiger partial charge in [-0.2, -0.15) is 0 Å². The average Bonchev–Trinajstić information content (AvgIpc) is 1.23. The third-order valence-electron chi connectivity index (χ3n) is 20.2. The molecule has 8 bridgehead atoms. The zero-order valence-corrected chi connectivity index (χ0v) is 75.4. The first-order valence-electron chi connectivity index (χ1n) is 39.4. The lowest BCUT2D eigenvalue weighted by molar-refractivity contribution is -0.00609. The molecule has 0 aromatic heterocycles. The lowest BCUT2D eigenvalue weighted by atomic mass is 9.70. The topological polar surface area (TPSA) is 117 Å². The Bertz CT molecular complexity index is 4380. The van der Waals surface area contributed by atoms with Gasteiger partial charge < -0.3 is 59.2 Å². The number of unbranched alkanes of at least 4 members (excludes halogenated alkanes) is 2. The molecule has 6 heterocycles. The number of rotatable bonds is 23. The smallest absolute Gasteiger partial charge is 0.367 e. The highest BCUT2D eigenvalue weighted by Crippen LogP contribution is 2.56. The van der Waals surface area contributed by atoms with E-state index in [1.54, 1.807) is 105 Å². The lowest BCUT2D eigenvalue weighted by Crippen LogP contribution is -2.87. The first-order chi connectivity index (χ1) is 53.6. The maximum Gasteiger partial charge on any atom is 0.507 e. The fourth-order valence-electron chi connectivity index (χ4n) is 15.4. The SMILES string of the molecule is C/C=C/[Si]12O[Si]3(/C=C/C)O[Si]4(/C=C/C)O[Si](/C=C/C)(O1)O[Si]1(/C=C/C)O[Si](/C=C/C)(O2)O[Si](/C=C/C)(O3)O[Si](/C=C/C)(O4)O1.CCCCC1(CCCC)c2ccccc2-c2ccc(C(C)C)cc21.Cc1cccc(N(c2ccccc2)c2ccc(-c3ccc(N(c4ccc(C(C)C)cc4)c4cccc(C)c4)cc3)cc2)c1. The molecule has 6 saturated heterocycles. The molecule has 0 radical (unpaired) electrons. The summed E-state index contributed by atoms with van der Waals surface area (Å²) in [6.07, 6.45) is 22.1. The van der Waals surface area contributed by atoms with Crippen LogP contribution in [0.3, 0.4) is 0 Å². The summed E-state index contributed by atoms with van der Waals surface area (Å²) in [4.78, 5) is 4.65. The molecule has 0 amide bonds. The molecule has 8 aromatic rings. The van der Waals surface area contributed by atoms with Crippen molar-refractivity contribution in [3.63, 3.8) is 0 Å². The van der Waals surface area contributed by atoms with Gasteiger partial charge in [0.15, 0.2) is 0 Å². The number of nitrogens with zero attached hydrogens (tertiary/aromatic N) is 2. The number of anilines is 6. The van der Waals surface area contributed by atoms with Crippen LogP contribution >= 0.6 is 0 Å². The van der Waals surface area contributed by atoms with Crippen molar-refractivity contribution in [1.82, 2.24) is 0 Å². The van der Waals surface area contributed by atoms with Crippen LogP contribution < -0.4 is 9.80 Å². The first-order valence-corrected chi connectivity index (χ1v) is 53.8. The molecule has 580 valence electrons. The maximum absolute atomic E-state index is 7.08. The van der Waals surface area contributed by atoms with Crippen LogP contribution in [0.25, 0.3) is 22.3 Å². The average molecular weight is 1620 g/mol. The minimum absolute atomic E-state index is 0.239. The van der Waals surface area contributed by atoms with Gasteiger partial charge in [-0.1, -0.05) is 237 Å². The molecule has 22 heteroatoms. The van der Waals surface area contributed by atoms with Gasteiger partial charge >= 0.3 is 70.4 Å². The lowest BCUT2D eigenvalue weighted by Gasteiger charge is -2.60. The van der Waals surface area contributed by atoms with Crippen LogP contribution in [0.15, 0.2) is 288 Å². The van der Waals surface area contributed by atoms with Crippen LogP contribution in [0.1, 0.15) is 181 Å². The number of aryl methyl sites for hydroxylation is 2. The number of para-hydroxylation sites is 1. The predicted octanol–water partition coefficient (Wildman–Crippen LogP) is 24.2. The van der Waals surface area contributed by atoms with Crippen LogP contribution in [0, 0.1) is 13.8 Å². The molecule has 0 N–H and O–H groups in total. The molecule has 6 fully saturated rings. The number of benzene rings is 8. The highest BCUT2D eigenvalue weighted by molar-refractivity contribution is 7.07. The molecule has 111 heavy (non-hydrogen) atoms. The Morgan fingerprint density at radius 1 is 0.297 bits per heavy atom. The summed E-state index contributed by atoms with van der Waals surface area (Å²) < 4.78 is 84.9. The summed E-state index contributed by atoms with van der Waals surface area (Å²) in [5.41, 5.74) is 35.0. The fraction of sp³-hybridized carbons (Fsp3) is 0.281. The van der Waals surface area contributed by atoms with Gasteiger partial charge in [0.2, 0.25) is 0 Å². The van der Waals surface area contributed by atoms with Gasteiger partial charge in [0.1, 0.15) is 0 Å². The molecule has 0 saturated carbocycles. The molecule has 6 aliphatic heterocycles. The molecule has 0 atom stereocenters. The third-order valence-corrected chi connectivity index (χ3v) is 53.4. The summed E-state index contributed by atoms with van der Waals surface area (Å²) in [6, 6.07) is 71.1. The first kappa shape index (κ1) is 83.0. The number of allylic oxidation sites excluding steroid dienone is 8. The minimum atomic E-state index is -4.06. The van der Waals surface area contributed by atoms with Crippen molar-refractivity contribution >= 4 is 105 Å². The number of fused-ring (bicyclic) bond motifs is 3. The number of hydrogen-bond donors (Lipinski definition) is 0. The van der Waals surface area contributed by atoms with Gasteiger partial charge in [-0.3, -0.25) is 0 Å². The van der Waals surface area contributed by atoms with E-state index in [0.717, 1.165) is 34.1 Å². The van der Waals surface area contributed by atoms with Crippen molar-refractivity contribution in [3.8, 4) is 22.3 Å². The van der Waals surface area contributed by atoms with E-state index in [4.69, 9.17) is 49.4 Å². The second-order valence-corrected chi connectivity index (χ2v) is 51.5. The Morgan fingerprint density at radius 3 is 0.901 bits per heavy atom. The van der Waals surface area contributed by atoms with Gasteiger partial charge in [-0.05, 0) is 268 Å². The predicted molar refractivity (Wildman–Crippen MR) is 468 cm³/mol. The van der Waals surface area contributed by atoms with Crippen LogP contribution in [-0.2, 0) is 54.8 Å². The van der Waals surface area contributed by atoms with Gasteiger partial charge in [0.25, 0.3) is 0 Å². The summed E-state index contributed by atoms with van der Waals surface area (Å²) in [5, 5.41) is 0. The molecule has 0 spiro atoms. The Morgan fingerprint density at radius 2 is 0.586 bits per heavy atom. The fourth-order valence-corrected chi connectivity index (χ4v) is 57.2. The van der Waals surface area contributed by atoms with E-state index in [9.17, 15) is 0 Å². The quantitative estimate of drug-likeness (QED) is 0.0566. The summed E-state index contributed by atoms with van der Waals surface area (Å²) in [5.74, 6) is 1.10. The van der Waals surface area contributed by atoms with Crippen molar-refractivity contribution in [1.29, 1.82) is 0 Å². The van der Waals surface area contributed by atoms with Crippen molar-refractivity contribution in [2.45, 2.75) is 167 Å². The van der Waals surface area contributed by atoms with Crippen LogP contribution in [0.5, 0.6) is 0 Å². The Hall–Kier alpha value is -7.46. The van der Waals surface area contributed by atoms with E-state index in [2.05, 4.69) is 259 Å². The van der Waals surface area contributed by atoms with Crippen molar-refractivity contribution in [2.24, 2.45) is 0 Å². The van der Waals surface area contributed by atoms with E-state index >= 15 is 0 Å². The maximum atomic E-state index is 7.08. The normalized spacial score (nSPS) is 26.4. The standard InChI is InChI=1S/C41H38N2.C24H40O12Si8.C24H32/c1-30(2)33-16-22-37(23-17-33)43(41-15-9-11-32(4)29-41)39-26-20-35(21-27-39)34-18-24-38(25-19-34)42(36-12-6-5-7-13-36)40-14-8-10-31(3)28-40;1-9-17-37-25-38(18-10-2)28-41(21-13-5)30-39(26-37,19-11-3)32-43(23-15-7)33-40(27-37,20-12-4)31-42(29-38,22-14-6)35-44(34-41,36-43)24-16-8;1-5-7-15-24(16-8-6-2)22-12-10-9-11-20(22)21-14-13-19(18(3)4)17-23(21)24/h5-30H,1-4H3;9-24H,1-8H3;9-14,17-18H,5-8,15-16H2,1-4H3/b;17-9+,18-10+,19-11+,20-12+,21-13+,22-14+,23-15+,24-16+;. The van der Waals surface area contributed by atoms with Crippen molar-refractivity contribution in [2.75, 3.05) is 9.80 Å². The summed E-state index contributed by atoms with van der Waals surface area (Å²) in [7, 11) is -32.5.